The van der Waals surface area contributed by atoms with Crippen LogP contribution >= 0.6 is 0 Å². The minimum atomic E-state index is 0.358. The van der Waals surface area contributed by atoms with Gasteiger partial charge in [0.1, 0.15) is 5.75 Å². The molecule has 0 radical (unpaired) electrons. The normalized spacial score (nSPS) is 12.7. The summed E-state index contributed by atoms with van der Waals surface area (Å²) < 4.78 is 0. The molecule has 1 unspecified atom stereocenters. The lowest BCUT2D eigenvalue weighted by Crippen LogP contribution is -1.92. The SMILES string of the molecule is C=CC([SiH3])c1ccccc1O. The van der Waals surface area contributed by atoms with Gasteiger partial charge in [-0.15, -0.1) is 6.58 Å². The van der Waals surface area contributed by atoms with Crippen molar-refractivity contribution in [3.05, 3.63) is 42.5 Å². The van der Waals surface area contributed by atoms with Crippen molar-refractivity contribution < 1.29 is 5.11 Å². The van der Waals surface area contributed by atoms with Crippen molar-refractivity contribution in [2.24, 2.45) is 0 Å². The molecule has 1 N–H and O–H groups in total. The number of para-hydroxylation sites is 1. The van der Waals surface area contributed by atoms with Crippen LogP contribution in [0.3, 0.4) is 0 Å². The Kier molecular flexibility index (Phi) is 2.49. The average molecular weight is 164 g/mol. The van der Waals surface area contributed by atoms with E-state index in [9.17, 15) is 5.11 Å². The molecule has 58 valence electrons. The van der Waals surface area contributed by atoms with E-state index in [0.29, 0.717) is 11.3 Å². The summed E-state index contributed by atoms with van der Waals surface area (Å²) in [5.41, 5.74) is 1.35. The first kappa shape index (κ1) is 8.08. The largest absolute Gasteiger partial charge is 0.508 e. The minimum Gasteiger partial charge on any atom is -0.508 e. The van der Waals surface area contributed by atoms with Crippen molar-refractivity contribution in [1.82, 2.24) is 0 Å². The molecule has 0 bridgehead atoms. The molecule has 0 aromatic heterocycles. The van der Waals surface area contributed by atoms with E-state index in [0.717, 1.165) is 15.8 Å². The van der Waals surface area contributed by atoms with Gasteiger partial charge in [0.25, 0.3) is 0 Å². The molecule has 1 rings (SSSR count). The zero-order chi connectivity index (χ0) is 8.27. The molecule has 0 fully saturated rings. The lowest BCUT2D eigenvalue weighted by atomic mass is 10.1. The highest BCUT2D eigenvalue weighted by molar-refractivity contribution is 6.13. The third kappa shape index (κ3) is 1.71. The van der Waals surface area contributed by atoms with Crippen LogP contribution in [0.4, 0.5) is 0 Å². The first-order valence-corrected chi connectivity index (χ1v) is 4.81. The van der Waals surface area contributed by atoms with E-state index in [4.69, 9.17) is 0 Å². The fraction of sp³-hybridized carbons (Fsp3) is 0.111. The van der Waals surface area contributed by atoms with Gasteiger partial charge in [-0.25, -0.2) is 0 Å². The number of benzene rings is 1. The summed E-state index contributed by atoms with van der Waals surface area (Å²) in [5.74, 6) is 0.382. The van der Waals surface area contributed by atoms with Crippen LogP contribution in [0.2, 0.25) is 0 Å². The maximum atomic E-state index is 9.39. The number of phenols is 1. The lowest BCUT2D eigenvalue weighted by molar-refractivity contribution is 0.469. The number of hydrogen-bond donors (Lipinski definition) is 1. The van der Waals surface area contributed by atoms with Gasteiger partial charge in [0.05, 0.1) is 0 Å². The van der Waals surface area contributed by atoms with Gasteiger partial charge in [0.2, 0.25) is 0 Å². The quantitative estimate of drug-likeness (QED) is 0.510. The highest BCUT2D eigenvalue weighted by atomic mass is 28.1. The van der Waals surface area contributed by atoms with Crippen molar-refractivity contribution in [2.45, 2.75) is 5.54 Å². The molecule has 1 aromatic carbocycles. The van der Waals surface area contributed by atoms with Crippen LogP contribution in [-0.4, -0.2) is 15.3 Å². The standard InChI is InChI=1S/C9H12OSi/c1-2-9(11)7-5-3-4-6-8(7)10/h2-6,9-10H,1H2,11H3. The van der Waals surface area contributed by atoms with E-state index in [-0.39, 0.29) is 0 Å². The Morgan fingerprint density at radius 1 is 1.45 bits per heavy atom. The van der Waals surface area contributed by atoms with E-state index in [1.165, 1.54) is 0 Å². The van der Waals surface area contributed by atoms with Gasteiger partial charge in [-0.1, -0.05) is 24.3 Å². The highest BCUT2D eigenvalue weighted by Gasteiger charge is 2.03. The maximum absolute atomic E-state index is 9.39. The molecule has 0 heterocycles. The van der Waals surface area contributed by atoms with Crippen molar-refractivity contribution >= 4 is 10.2 Å². The van der Waals surface area contributed by atoms with Crippen LogP contribution in [0.5, 0.6) is 5.75 Å². The van der Waals surface area contributed by atoms with Gasteiger partial charge in [-0.3, -0.25) is 0 Å². The Balaban J connectivity index is 3.02. The molecular formula is C9H12OSi. The third-order valence-corrected chi connectivity index (χ3v) is 2.87. The van der Waals surface area contributed by atoms with Gasteiger partial charge in [0, 0.05) is 10.2 Å². The summed E-state index contributed by atoms with van der Waals surface area (Å²) in [6.07, 6.45) is 1.88. The first-order valence-electron chi connectivity index (χ1n) is 3.66. The summed E-state index contributed by atoms with van der Waals surface area (Å²) >= 11 is 0. The predicted octanol–water partition coefficient (Wildman–Crippen LogP) is 0.985. The van der Waals surface area contributed by atoms with E-state index in [1.54, 1.807) is 6.07 Å². The molecular weight excluding hydrogens is 152 g/mol. The van der Waals surface area contributed by atoms with Gasteiger partial charge < -0.3 is 5.11 Å². The molecule has 2 heteroatoms. The van der Waals surface area contributed by atoms with Crippen molar-refractivity contribution in [3.63, 3.8) is 0 Å². The molecule has 1 nitrogen and oxygen atoms in total. The highest BCUT2D eigenvalue weighted by Crippen LogP contribution is 2.23. The van der Waals surface area contributed by atoms with E-state index < -0.39 is 0 Å². The van der Waals surface area contributed by atoms with Crippen LogP contribution in [0.1, 0.15) is 11.1 Å². The molecule has 0 saturated heterocycles. The molecule has 0 saturated carbocycles. The van der Waals surface area contributed by atoms with Crippen LogP contribution in [0.25, 0.3) is 0 Å². The monoisotopic (exact) mass is 164 g/mol. The molecule has 11 heavy (non-hydrogen) atoms. The molecule has 0 spiro atoms. The van der Waals surface area contributed by atoms with E-state index in [2.05, 4.69) is 6.58 Å². The molecule has 0 aliphatic heterocycles. The predicted molar refractivity (Wildman–Crippen MR) is 51.0 cm³/mol. The summed E-state index contributed by atoms with van der Waals surface area (Å²) in [6, 6.07) is 7.41. The van der Waals surface area contributed by atoms with E-state index in [1.807, 2.05) is 24.3 Å². The lowest BCUT2D eigenvalue weighted by Gasteiger charge is -2.07. The number of hydrogen-bond acceptors (Lipinski definition) is 1. The molecule has 1 atom stereocenters. The molecule has 0 aliphatic carbocycles. The number of aromatic hydroxyl groups is 1. The molecule has 0 aliphatic rings. The summed E-state index contributed by atoms with van der Waals surface area (Å²) in [7, 11) is 0.998. The zero-order valence-electron chi connectivity index (χ0n) is 6.62. The van der Waals surface area contributed by atoms with Crippen LogP contribution < -0.4 is 0 Å². The fourth-order valence-corrected chi connectivity index (χ4v) is 1.49. The van der Waals surface area contributed by atoms with Gasteiger partial charge in [0.15, 0.2) is 0 Å². The summed E-state index contributed by atoms with van der Waals surface area (Å²) in [5, 5.41) is 9.39. The second kappa shape index (κ2) is 3.39. The Bertz CT molecular complexity index is 257. The Morgan fingerprint density at radius 2 is 2.09 bits per heavy atom. The second-order valence-electron chi connectivity index (χ2n) is 2.58. The van der Waals surface area contributed by atoms with Crippen molar-refractivity contribution in [3.8, 4) is 5.75 Å². The van der Waals surface area contributed by atoms with Gasteiger partial charge in [-0.2, -0.15) is 0 Å². The first-order chi connectivity index (χ1) is 5.25. The number of rotatable bonds is 2. The van der Waals surface area contributed by atoms with Crippen molar-refractivity contribution in [1.29, 1.82) is 0 Å². The van der Waals surface area contributed by atoms with Crippen LogP contribution in [-0.2, 0) is 0 Å². The second-order valence-corrected chi connectivity index (χ2v) is 3.83. The topological polar surface area (TPSA) is 20.2 Å². The maximum Gasteiger partial charge on any atom is 0.119 e. The number of allylic oxidation sites excluding steroid dienone is 1. The number of phenolic OH excluding ortho intramolecular Hbond substituents is 1. The van der Waals surface area contributed by atoms with Gasteiger partial charge in [-0.05, 0) is 17.2 Å². The smallest absolute Gasteiger partial charge is 0.119 e. The van der Waals surface area contributed by atoms with E-state index >= 15 is 0 Å². The summed E-state index contributed by atoms with van der Waals surface area (Å²) in [4.78, 5) is 0. The fourth-order valence-electron chi connectivity index (χ4n) is 1.000. The van der Waals surface area contributed by atoms with Crippen molar-refractivity contribution in [2.75, 3.05) is 0 Å². The molecule has 0 amide bonds. The zero-order valence-corrected chi connectivity index (χ0v) is 8.62. The minimum absolute atomic E-state index is 0.358. The van der Waals surface area contributed by atoms with Gasteiger partial charge >= 0.3 is 0 Å². The van der Waals surface area contributed by atoms with Crippen LogP contribution in [0, 0.1) is 0 Å². The third-order valence-electron chi connectivity index (χ3n) is 1.78. The van der Waals surface area contributed by atoms with Crippen LogP contribution in [0.15, 0.2) is 36.9 Å². The Labute approximate surface area is 69.8 Å². The average Bonchev–Trinajstić information content (AvgIpc) is 2.04. The Morgan fingerprint density at radius 3 is 2.64 bits per heavy atom. The molecule has 1 aromatic rings. The Hall–Kier alpha value is -1.02. The summed E-state index contributed by atoms with van der Waals surface area (Å²) in [6.45, 7) is 3.70.